The van der Waals surface area contributed by atoms with Crippen molar-refractivity contribution < 1.29 is 14.3 Å². The molecule has 25 heavy (non-hydrogen) atoms. The normalized spacial score (nSPS) is 15.6. The van der Waals surface area contributed by atoms with Crippen LogP contribution in [0.5, 0.6) is 11.5 Å². The number of aromatic nitrogens is 1. The van der Waals surface area contributed by atoms with Crippen molar-refractivity contribution in [2.75, 3.05) is 11.9 Å². The second kappa shape index (κ2) is 6.85. The van der Waals surface area contributed by atoms with Gasteiger partial charge in [-0.15, -0.1) is 11.3 Å². The number of amides is 1. The van der Waals surface area contributed by atoms with Crippen molar-refractivity contribution >= 4 is 38.3 Å². The molecule has 0 bridgehead atoms. The maximum absolute atomic E-state index is 12.3. The number of carbonyl (C=O) groups is 1. The molecule has 3 aromatic rings. The van der Waals surface area contributed by atoms with Crippen molar-refractivity contribution in [2.45, 2.75) is 6.10 Å². The molecule has 1 aromatic heterocycles. The molecule has 0 saturated carbocycles. The number of hydrogen-bond donors (Lipinski definition) is 1. The fourth-order valence-electron chi connectivity index (χ4n) is 2.46. The number of halogens is 1. The van der Waals surface area contributed by atoms with Crippen LogP contribution in [0.4, 0.5) is 5.13 Å². The molecule has 0 radical (unpaired) electrons. The van der Waals surface area contributed by atoms with Gasteiger partial charge in [-0.25, -0.2) is 4.98 Å². The molecule has 2 heterocycles. The first-order valence-electron chi connectivity index (χ1n) is 7.60. The lowest BCUT2D eigenvalue weighted by Gasteiger charge is -2.25. The fraction of sp³-hybridized carbons (Fsp3) is 0.111. The molecule has 126 valence electrons. The number of ether oxygens (including phenoxy) is 2. The predicted molar refractivity (Wildman–Crippen MR) is 99.5 cm³/mol. The quantitative estimate of drug-likeness (QED) is 0.673. The third kappa shape index (κ3) is 3.52. The summed E-state index contributed by atoms with van der Waals surface area (Å²) < 4.78 is 12.5. The minimum Gasteiger partial charge on any atom is -0.485 e. The zero-order chi connectivity index (χ0) is 17.2. The number of hydrogen-bond acceptors (Lipinski definition) is 5. The summed E-state index contributed by atoms with van der Waals surface area (Å²) in [5.41, 5.74) is 1.31. The number of nitrogens with one attached hydrogen (secondary N) is 1. The standard InChI is InChI=1S/C18H13BrN2O3S/c19-12-5-3-4-11(8-12)17(22)21-18-20-13(10-25-18)16-9-23-14-6-1-2-7-15(14)24-16/h1-8,10,16H,9H2,(H,20,21,22)/t16-/m1/s1. The zero-order valence-corrected chi connectivity index (χ0v) is 15.3. The van der Waals surface area contributed by atoms with Gasteiger partial charge in [0.25, 0.3) is 5.91 Å². The minimum absolute atomic E-state index is 0.201. The van der Waals surface area contributed by atoms with Gasteiger partial charge in [-0.3, -0.25) is 10.1 Å². The van der Waals surface area contributed by atoms with Crippen LogP contribution in [0.15, 0.2) is 58.4 Å². The Morgan fingerprint density at radius 2 is 2.04 bits per heavy atom. The van der Waals surface area contributed by atoms with E-state index >= 15 is 0 Å². The molecule has 0 spiro atoms. The maximum atomic E-state index is 12.3. The Morgan fingerprint density at radius 3 is 2.88 bits per heavy atom. The number of nitrogens with zero attached hydrogens (tertiary/aromatic N) is 1. The van der Waals surface area contributed by atoms with Crippen LogP contribution in [0, 0.1) is 0 Å². The predicted octanol–water partition coefficient (Wildman–Crippen LogP) is 4.67. The van der Waals surface area contributed by atoms with Crippen molar-refractivity contribution in [3.8, 4) is 11.5 Å². The molecule has 2 aromatic carbocycles. The van der Waals surface area contributed by atoms with Crippen LogP contribution in [0.3, 0.4) is 0 Å². The Bertz CT molecular complexity index is 928. The summed E-state index contributed by atoms with van der Waals surface area (Å²) >= 11 is 4.72. The van der Waals surface area contributed by atoms with Crippen molar-refractivity contribution in [1.82, 2.24) is 4.98 Å². The number of rotatable bonds is 3. The summed E-state index contributed by atoms with van der Waals surface area (Å²) in [5, 5.41) is 5.22. The highest BCUT2D eigenvalue weighted by Crippen LogP contribution is 2.36. The molecule has 0 saturated heterocycles. The SMILES string of the molecule is O=C(Nc1nc([C@H]2COc3ccccc3O2)cs1)c1cccc(Br)c1. The highest BCUT2D eigenvalue weighted by atomic mass is 79.9. The van der Waals surface area contributed by atoms with Crippen LogP contribution in [0.25, 0.3) is 0 Å². The van der Waals surface area contributed by atoms with Gasteiger partial charge < -0.3 is 9.47 Å². The van der Waals surface area contributed by atoms with Crippen molar-refractivity contribution in [2.24, 2.45) is 0 Å². The summed E-state index contributed by atoms with van der Waals surface area (Å²) in [5.74, 6) is 1.23. The lowest BCUT2D eigenvalue weighted by Crippen LogP contribution is -2.22. The van der Waals surface area contributed by atoms with Crippen LogP contribution >= 0.6 is 27.3 Å². The lowest BCUT2D eigenvalue weighted by molar-refractivity contribution is 0.0888. The second-order valence-electron chi connectivity index (χ2n) is 5.41. The maximum Gasteiger partial charge on any atom is 0.257 e. The van der Waals surface area contributed by atoms with Gasteiger partial charge in [-0.05, 0) is 30.3 Å². The third-order valence-corrected chi connectivity index (χ3v) is 4.94. The molecule has 1 N–H and O–H groups in total. The Labute approximate surface area is 156 Å². The van der Waals surface area contributed by atoms with Crippen LogP contribution in [0.2, 0.25) is 0 Å². The highest BCUT2D eigenvalue weighted by Gasteiger charge is 2.24. The highest BCUT2D eigenvalue weighted by molar-refractivity contribution is 9.10. The van der Waals surface area contributed by atoms with Crippen molar-refractivity contribution in [3.05, 3.63) is 69.6 Å². The van der Waals surface area contributed by atoms with E-state index in [9.17, 15) is 4.79 Å². The van der Waals surface area contributed by atoms with E-state index in [2.05, 4.69) is 26.2 Å². The first-order valence-corrected chi connectivity index (χ1v) is 9.27. The smallest absolute Gasteiger partial charge is 0.257 e. The van der Waals surface area contributed by atoms with Crippen LogP contribution in [0.1, 0.15) is 22.2 Å². The van der Waals surface area contributed by atoms with E-state index in [-0.39, 0.29) is 12.0 Å². The fourth-order valence-corrected chi connectivity index (χ4v) is 3.60. The largest absolute Gasteiger partial charge is 0.485 e. The monoisotopic (exact) mass is 416 g/mol. The summed E-state index contributed by atoms with van der Waals surface area (Å²) in [6, 6.07) is 14.7. The van der Waals surface area contributed by atoms with Gasteiger partial charge in [0.2, 0.25) is 0 Å². The summed E-state index contributed by atoms with van der Waals surface area (Å²) in [6.45, 7) is 0.389. The number of benzene rings is 2. The van der Waals surface area contributed by atoms with Crippen LogP contribution in [-0.4, -0.2) is 17.5 Å². The zero-order valence-electron chi connectivity index (χ0n) is 12.9. The summed E-state index contributed by atoms with van der Waals surface area (Å²) in [4.78, 5) is 16.8. The van der Waals surface area contributed by atoms with E-state index < -0.39 is 0 Å². The van der Waals surface area contributed by atoms with E-state index in [1.807, 2.05) is 41.8 Å². The van der Waals surface area contributed by atoms with Crippen molar-refractivity contribution in [3.63, 3.8) is 0 Å². The number of fused-ring (bicyclic) bond motifs is 1. The average molecular weight is 417 g/mol. The molecular formula is C18H13BrN2O3S. The first-order chi connectivity index (χ1) is 12.2. The number of thiazole rings is 1. The van der Waals surface area contributed by atoms with Crippen molar-refractivity contribution in [1.29, 1.82) is 0 Å². The number of anilines is 1. The lowest BCUT2D eigenvalue weighted by atomic mass is 10.2. The summed E-state index contributed by atoms with van der Waals surface area (Å²) in [6.07, 6.45) is -0.289. The van der Waals surface area contributed by atoms with E-state index in [0.29, 0.717) is 23.1 Å². The van der Waals surface area contributed by atoms with E-state index in [1.165, 1.54) is 11.3 Å². The van der Waals surface area contributed by atoms with Gasteiger partial charge in [-0.2, -0.15) is 0 Å². The summed E-state index contributed by atoms with van der Waals surface area (Å²) in [7, 11) is 0. The Kier molecular flexibility index (Phi) is 4.42. The molecule has 0 aliphatic carbocycles. The number of carbonyl (C=O) groups excluding carboxylic acids is 1. The topological polar surface area (TPSA) is 60.5 Å². The molecule has 0 fully saturated rings. The van der Waals surface area contributed by atoms with Crippen LogP contribution in [-0.2, 0) is 0 Å². The van der Waals surface area contributed by atoms with E-state index in [4.69, 9.17) is 9.47 Å². The third-order valence-electron chi connectivity index (χ3n) is 3.67. The molecule has 1 amide bonds. The molecule has 4 rings (SSSR count). The first kappa shape index (κ1) is 16.1. The van der Waals surface area contributed by atoms with Gasteiger partial charge in [0.1, 0.15) is 6.61 Å². The van der Waals surface area contributed by atoms with Gasteiger partial charge in [0.15, 0.2) is 22.7 Å². The molecule has 1 atom stereocenters. The van der Waals surface area contributed by atoms with Gasteiger partial charge in [0, 0.05) is 15.4 Å². The molecule has 1 aliphatic heterocycles. The minimum atomic E-state index is -0.289. The second-order valence-corrected chi connectivity index (χ2v) is 7.18. The Balaban J connectivity index is 1.47. The Morgan fingerprint density at radius 1 is 1.20 bits per heavy atom. The molecule has 1 aliphatic rings. The van der Waals surface area contributed by atoms with Gasteiger partial charge in [0.05, 0.1) is 5.69 Å². The molecule has 0 unspecified atom stereocenters. The average Bonchev–Trinajstić information content (AvgIpc) is 3.10. The number of para-hydroxylation sites is 2. The van der Waals surface area contributed by atoms with E-state index in [0.717, 1.165) is 15.9 Å². The van der Waals surface area contributed by atoms with Crippen LogP contribution < -0.4 is 14.8 Å². The molecular weight excluding hydrogens is 404 g/mol. The van der Waals surface area contributed by atoms with E-state index in [1.54, 1.807) is 12.1 Å². The molecule has 7 heteroatoms. The Hall–Kier alpha value is -2.38. The molecule has 5 nitrogen and oxygen atoms in total. The van der Waals surface area contributed by atoms with Gasteiger partial charge in [-0.1, -0.05) is 34.1 Å². The van der Waals surface area contributed by atoms with Gasteiger partial charge >= 0.3 is 0 Å².